The lowest BCUT2D eigenvalue weighted by Gasteiger charge is -2.40. The van der Waals surface area contributed by atoms with E-state index in [1.54, 1.807) is 0 Å². The van der Waals surface area contributed by atoms with Gasteiger partial charge in [0.05, 0.1) is 0 Å². The van der Waals surface area contributed by atoms with Gasteiger partial charge in [0.15, 0.2) is 0 Å². The molecule has 3 fully saturated rings. The molecule has 8 heteroatoms. The number of piperidine rings is 2. The van der Waals surface area contributed by atoms with Gasteiger partial charge in [0, 0.05) is 35.9 Å². The van der Waals surface area contributed by atoms with Crippen LogP contribution in [0.3, 0.4) is 0 Å². The van der Waals surface area contributed by atoms with Crippen LogP contribution >= 0.6 is 23.2 Å². The molecule has 0 aromatic rings. The maximum absolute atomic E-state index is 12.4. The van der Waals surface area contributed by atoms with E-state index in [0.29, 0.717) is 13.1 Å². The lowest BCUT2D eigenvalue weighted by molar-refractivity contribution is -0.138. The van der Waals surface area contributed by atoms with E-state index in [0.717, 1.165) is 25.7 Å². The Labute approximate surface area is 140 Å². The first-order valence-corrected chi connectivity index (χ1v) is 8.77. The van der Waals surface area contributed by atoms with E-state index < -0.39 is 12.1 Å². The van der Waals surface area contributed by atoms with Crippen molar-refractivity contribution < 1.29 is 9.59 Å². The maximum Gasteiger partial charge on any atom is 0.244 e. The van der Waals surface area contributed by atoms with E-state index in [1.807, 2.05) is 0 Å². The number of hydrogen-bond acceptors (Lipinski definition) is 4. The Hall–Kier alpha value is -0.560. The Balaban J connectivity index is 1.59. The highest BCUT2D eigenvalue weighted by molar-refractivity contribution is 6.21. The SMILES string of the molecule is O=C1N[C@H]([C@@H]2CC[C@H](Cl)CN2)C(=O)N[C@@H]1[C@@H]1CC[C@@H](Cl)CN1. The molecule has 0 unspecified atom stereocenters. The summed E-state index contributed by atoms with van der Waals surface area (Å²) in [6.45, 7) is 1.33. The van der Waals surface area contributed by atoms with Crippen molar-refractivity contribution in [1.29, 1.82) is 0 Å². The number of hydrogen-bond donors (Lipinski definition) is 4. The van der Waals surface area contributed by atoms with Crippen molar-refractivity contribution in [3.63, 3.8) is 0 Å². The molecule has 22 heavy (non-hydrogen) atoms. The van der Waals surface area contributed by atoms with Gasteiger partial charge in [-0.2, -0.15) is 0 Å². The Morgan fingerprint density at radius 2 is 1.14 bits per heavy atom. The summed E-state index contributed by atoms with van der Waals surface area (Å²) in [7, 11) is 0. The number of halogens is 2. The van der Waals surface area contributed by atoms with Gasteiger partial charge in [-0.1, -0.05) is 0 Å². The standard InChI is InChI=1S/C14H22Cl2N4O2/c15-7-1-3-9(17-5-7)11-13(21)20-12(14(22)19-11)10-4-2-8(16)6-18-10/h7-12,17-18H,1-6H2,(H,19,22)(H,20,21)/t7-,8+,9-,10-,11+,12+/m0/s1. The van der Waals surface area contributed by atoms with Crippen LogP contribution in [0.5, 0.6) is 0 Å². The molecule has 0 bridgehead atoms. The molecule has 3 aliphatic heterocycles. The molecule has 0 aromatic heterocycles. The smallest absolute Gasteiger partial charge is 0.244 e. The molecule has 0 aromatic carbocycles. The normalized spacial score (nSPS) is 43.4. The second-order valence-electron chi connectivity index (χ2n) is 6.35. The van der Waals surface area contributed by atoms with E-state index in [9.17, 15) is 9.59 Å². The summed E-state index contributed by atoms with van der Waals surface area (Å²) in [5.41, 5.74) is 0. The molecule has 0 radical (unpaired) electrons. The topological polar surface area (TPSA) is 82.3 Å². The summed E-state index contributed by atoms with van der Waals surface area (Å²) in [6.07, 6.45) is 3.27. The number of carbonyl (C=O) groups excluding carboxylic acids is 2. The molecule has 0 saturated carbocycles. The Bertz CT molecular complexity index is 395. The average Bonchev–Trinajstić information content (AvgIpc) is 2.51. The van der Waals surface area contributed by atoms with Crippen molar-refractivity contribution in [2.45, 2.75) is 60.6 Å². The number of alkyl halides is 2. The van der Waals surface area contributed by atoms with Crippen molar-refractivity contribution in [3.8, 4) is 0 Å². The molecule has 124 valence electrons. The van der Waals surface area contributed by atoms with Crippen LogP contribution in [0.4, 0.5) is 0 Å². The van der Waals surface area contributed by atoms with Crippen molar-refractivity contribution in [2.75, 3.05) is 13.1 Å². The van der Waals surface area contributed by atoms with Gasteiger partial charge >= 0.3 is 0 Å². The molecule has 4 N–H and O–H groups in total. The first kappa shape index (κ1) is 16.3. The summed E-state index contributed by atoms with van der Waals surface area (Å²) in [6, 6.07) is -1.13. The average molecular weight is 349 g/mol. The number of carbonyl (C=O) groups is 2. The predicted molar refractivity (Wildman–Crippen MR) is 85.2 cm³/mol. The third-order valence-corrected chi connectivity index (χ3v) is 5.50. The Kier molecular flexibility index (Phi) is 5.12. The van der Waals surface area contributed by atoms with Crippen LogP contribution in [-0.4, -0.2) is 59.8 Å². The second kappa shape index (κ2) is 6.91. The first-order valence-electron chi connectivity index (χ1n) is 7.90. The monoisotopic (exact) mass is 348 g/mol. The zero-order valence-electron chi connectivity index (χ0n) is 12.3. The number of piperazine rings is 1. The largest absolute Gasteiger partial charge is 0.341 e. The van der Waals surface area contributed by atoms with Crippen LogP contribution in [-0.2, 0) is 9.59 Å². The highest BCUT2D eigenvalue weighted by Gasteiger charge is 2.42. The molecular formula is C14H22Cl2N4O2. The molecule has 0 spiro atoms. The van der Waals surface area contributed by atoms with Gasteiger partial charge in [-0.15, -0.1) is 23.2 Å². The highest BCUT2D eigenvalue weighted by atomic mass is 35.5. The predicted octanol–water partition coefficient (Wildman–Crippen LogP) is -0.312. The minimum Gasteiger partial charge on any atom is -0.341 e. The molecule has 3 rings (SSSR count). The lowest BCUT2D eigenvalue weighted by Crippen LogP contribution is -2.71. The van der Waals surface area contributed by atoms with Crippen molar-refractivity contribution in [1.82, 2.24) is 21.3 Å². The fraction of sp³-hybridized carbons (Fsp3) is 0.857. The molecule has 2 amide bonds. The highest BCUT2D eigenvalue weighted by Crippen LogP contribution is 2.20. The van der Waals surface area contributed by atoms with Gasteiger partial charge in [0.1, 0.15) is 12.1 Å². The van der Waals surface area contributed by atoms with Gasteiger partial charge < -0.3 is 21.3 Å². The zero-order valence-corrected chi connectivity index (χ0v) is 13.8. The molecule has 6 nitrogen and oxygen atoms in total. The van der Waals surface area contributed by atoms with Crippen molar-refractivity contribution in [3.05, 3.63) is 0 Å². The molecule has 6 atom stereocenters. The number of rotatable bonds is 2. The van der Waals surface area contributed by atoms with E-state index in [2.05, 4.69) is 21.3 Å². The summed E-state index contributed by atoms with van der Waals surface area (Å²) < 4.78 is 0. The van der Waals surface area contributed by atoms with Crippen LogP contribution in [0.15, 0.2) is 0 Å². The Morgan fingerprint density at radius 1 is 0.727 bits per heavy atom. The third kappa shape index (κ3) is 3.50. The fourth-order valence-electron chi connectivity index (χ4n) is 3.44. The van der Waals surface area contributed by atoms with E-state index in [4.69, 9.17) is 23.2 Å². The van der Waals surface area contributed by atoms with Gasteiger partial charge in [-0.25, -0.2) is 0 Å². The maximum atomic E-state index is 12.4. The van der Waals surface area contributed by atoms with Crippen LogP contribution in [0.1, 0.15) is 25.7 Å². The van der Waals surface area contributed by atoms with Crippen LogP contribution < -0.4 is 21.3 Å². The zero-order chi connectivity index (χ0) is 15.7. The van der Waals surface area contributed by atoms with Gasteiger partial charge in [0.2, 0.25) is 11.8 Å². The summed E-state index contributed by atoms with van der Waals surface area (Å²) in [4.78, 5) is 24.8. The fourth-order valence-corrected chi connectivity index (χ4v) is 3.87. The molecule has 0 aliphatic carbocycles. The van der Waals surface area contributed by atoms with Gasteiger partial charge in [-0.3, -0.25) is 9.59 Å². The van der Waals surface area contributed by atoms with E-state index in [1.165, 1.54) is 0 Å². The number of nitrogens with one attached hydrogen (secondary N) is 4. The van der Waals surface area contributed by atoms with Crippen molar-refractivity contribution in [2.24, 2.45) is 0 Å². The third-order valence-electron chi connectivity index (χ3n) is 4.75. The lowest BCUT2D eigenvalue weighted by atomic mass is 9.91. The van der Waals surface area contributed by atoms with Gasteiger partial charge in [-0.05, 0) is 25.7 Å². The van der Waals surface area contributed by atoms with Crippen LogP contribution in [0.25, 0.3) is 0 Å². The molecule has 3 heterocycles. The first-order chi connectivity index (χ1) is 10.5. The van der Waals surface area contributed by atoms with Gasteiger partial charge in [0.25, 0.3) is 0 Å². The minimum absolute atomic E-state index is 0.0496. The Morgan fingerprint density at radius 3 is 1.45 bits per heavy atom. The van der Waals surface area contributed by atoms with Crippen LogP contribution in [0.2, 0.25) is 0 Å². The quantitative estimate of drug-likeness (QED) is 0.516. The van der Waals surface area contributed by atoms with E-state index >= 15 is 0 Å². The number of amides is 2. The molecular weight excluding hydrogens is 327 g/mol. The summed E-state index contributed by atoms with van der Waals surface area (Å²) in [5, 5.41) is 12.5. The summed E-state index contributed by atoms with van der Waals surface area (Å²) >= 11 is 12.1. The van der Waals surface area contributed by atoms with Crippen LogP contribution in [0, 0.1) is 0 Å². The minimum atomic E-state index is -0.516. The van der Waals surface area contributed by atoms with E-state index in [-0.39, 0.29) is 34.7 Å². The molecule has 3 aliphatic rings. The second-order valence-corrected chi connectivity index (χ2v) is 7.59. The summed E-state index contributed by atoms with van der Waals surface area (Å²) in [5.74, 6) is -0.241. The molecule has 3 saturated heterocycles. The van der Waals surface area contributed by atoms with Crippen molar-refractivity contribution >= 4 is 35.0 Å².